The van der Waals surface area contributed by atoms with Crippen LogP contribution in [0.4, 0.5) is 0 Å². The lowest BCUT2D eigenvalue weighted by molar-refractivity contribution is -0.158. The second-order valence-electron chi connectivity index (χ2n) is 26.9. The van der Waals surface area contributed by atoms with Crippen molar-refractivity contribution in [3.63, 3.8) is 0 Å². The molecule has 0 unspecified atom stereocenters. The molecule has 1 aliphatic heterocycles. The number of aliphatic carboxylic acids is 2. The third kappa shape index (κ3) is 32.6. The first-order valence-electron chi connectivity index (χ1n) is 33.2. The highest BCUT2D eigenvalue weighted by atomic mass is 16.5. The van der Waals surface area contributed by atoms with E-state index < -0.39 is 199 Å². The quantitative estimate of drug-likeness (QED) is 0.0310. The molecule has 0 aromatic carbocycles. The maximum Gasteiger partial charge on any atom is 0.329 e. The van der Waals surface area contributed by atoms with Gasteiger partial charge < -0.3 is 88.8 Å². The van der Waals surface area contributed by atoms with Crippen LogP contribution in [0.5, 0.6) is 0 Å². The number of cyclic esters (lactones) is 1. The van der Waals surface area contributed by atoms with E-state index in [1.165, 1.54) is 6.92 Å². The third-order valence-corrected chi connectivity index (χ3v) is 15.5. The van der Waals surface area contributed by atoms with Crippen molar-refractivity contribution in [2.45, 2.75) is 272 Å². The van der Waals surface area contributed by atoms with Crippen molar-refractivity contribution in [1.29, 1.82) is 0 Å². The molecule has 31 heteroatoms. The minimum absolute atomic E-state index is 0.0411. The minimum atomic E-state index is -2.20. The van der Waals surface area contributed by atoms with Crippen molar-refractivity contribution >= 4 is 82.9 Å². The van der Waals surface area contributed by atoms with E-state index in [4.69, 9.17) is 4.74 Å². The molecule has 14 atom stereocenters. The number of carboxylic acid groups (broad SMARTS) is 2. The zero-order valence-corrected chi connectivity index (χ0v) is 57.9. The summed E-state index contributed by atoms with van der Waals surface area (Å²) < 4.78 is 5.68. The predicted molar refractivity (Wildman–Crippen MR) is 346 cm³/mol. The summed E-state index contributed by atoms with van der Waals surface area (Å²) in [4.78, 5) is 195. The van der Waals surface area contributed by atoms with Gasteiger partial charge in [0.15, 0.2) is 0 Å². The molecule has 0 aliphatic carbocycles. The van der Waals surface area contributed by atoms with Crippen LogP contribution in [-0.2, 0) is 71.9 Å². The normalized spacial score (nSPS) is 24.2. The lowest BCUT2D eigenvalue weighted by Crippen LogP contribution is -2.63. The summed E-state index contributed by atoms with van der Waals surface area (Å²) in [5, 5.41) is 78.6. The summed E-state index contributed by atoms with van der Waals surface area (Å²) in [6.07, 6.45) is -1.39. The van der Waals surface area contributed by atoms with Gasteiger partial charge in [-0.3, -0.25) is 62.3 Å². The first kappa shape index (κ1) is 85.5. The Morgan fingerprint density at radius 2 is 0.884 bits per heavy atom. The molecule has 0 radical (unpaired) electrons. The number of hydrogen-bond acceptors (Lipinski definition) is 18. The van der Waals surface area contributed by atoms with Crippen LogP contribution in [0.2, 0.25) is 0 Å². The van der Waals surface area contributed by atoms with Crippen LogP contribution >= 0.6 is 0 Å². The Labute approximate surface area is 557 Å². The number of esters is 1. The molecular weight excluding hydrogens is 1240 g/mol. The Morgan fingerprint density at radius 1 is 0.474 bits per heavy atom. The molecule has 31 nitrogen and oxygen atoms in total. The van der Waals surface area contributed by atoms with Crippen molar-refractivity contribution in [2.24, 2.45) is 35.5 Å². The average molecular weight is 1350 g/mol. The van der Waals surface area contributed by atoms with E-state index in [1.54, 1.807) is 76.2 Å². The van der Waals surface area contributed by atoms with Gasteiger partial charge in [-0.1, -0.05) is 129 Å². The number of amides is 11. The number of carbonyl (C=O) groups is 14. The smallest absolute Gasteiger partial charge is 0.329 e. The first-order chi connectivity index (χ1) is 44.4. The minimum Gasteiger partial charge on any atom is -0.481 e. The molecule has 542 valence electrons. The van der Waals surface area contributed by atoms with Gasteiger partial charge in [-0.05, 0) is 81.0 Å². The fourth-order valence-electron chi connectivity index (χ4n) is 10.3. The lowest BCUT2D eigenvalue weighted by atomic mass is 9.96. The van der Waals surface area contributed by atoms with Crippen LogP contribution in [-0.4, -0.2) is 200 Å². The van der Waals surface area contributed by atoms with Gasteiger partial charge in [0.2, 0.25) is 65.0 Å². The van der Waals surface area contributed by atoms with E-state index in [-0.39, 0.29) is 68.6 Å². The second-order valence-corrected chi connectivity index (χ2v) is 26.9. The summed E-state index contributed by atoms with van der Waals surface area (Å²) in [5.41, 5.74) is 0. The van der Waals surface area contributed by atoms with Crippen LogP contribution in [0.3, 0.4) is 0 Å². The lowest BCUT2D eigenvalue weighted by Gasteiger charge is -2.31. The molecule has 0 aromatic heterocycles. The molecule has 0 bridgehead atoms. The van der Waals surface area contributed by atoms with E-state index in [1.807, 2.05) is 0 Å². The number of nitrogens with one attached hydrogen (secondary N) is 11. The molecule has 1 heterocycles. The van der Waals surface area contributed by atoms with Crippen molar-refractivity contribution in [3.05, 3.63) is 0 Å². The van der Waals surface area contributed by atoms with E-state index in [0.29, 0.717) is 12.8 Å². The van der Waals surface area contributed by atoms with Crippen LogP contribution < -0.4 is 58.5 Å². The number of carboxylic acids is 2. The Morgan fingerprint density at radius 3 is 1.28 bits per heavy atom. The number of aliphatic hydroxyl groups is 3. The predicted octanol–water partition coefficient (Wildman–Crippen LogP) is -0.413. The molecule has 0 spiro atoms. The fraction of sp³-hybridized carbons (Fsp3) is 0.781. The number of rotatable bonds is 31. The number of hydrogen-bond donors (Lipinski definition) is 16. The van der Waals surface area contributed by atoms with Gasteiger partial charge in [-0.15, -0.1) is 0 Å². The SMILES string of the molecule is CCCCCCC[C@@H](O)CC(=O)N[C@@H](CC(C)C)C(=O)N[C@@H](CC(=O)O)C(=O)N[C@H]1C(=O)N[C@H](CC(C)C)C(=O)N[C@@H](CC(C)C)C(=O)N[C@H](CO)C(=O)N[C@@H](CC(C)C)C(=O)N[C@H](CO)C(=O)N[C@@H](CC(C)C)C(=O)N[C@@H]([C@@H](C)CC)C(=O)N[C@H](CC(=O)O)C(=O)O[C@H]1C. The summed E-state index contributed by atoms with van der Waals surface area (Å²) >= 11 is 0. The average Bonchev–Trinajstić information content (AvgIpc) is 0.928. The van der Waals surface area contributed by atoms with Gasteiger partial charge in [0.05, 0.1) is 38.6 Å². The molecule has 11 amide bonds. The Bertz CT molecular complexity index is 2570. The Hall–Kier alpha value is -7.54. The molecule has 1 fully saturated rings. The summed E-state index contributed by atoms with van der Waals surface area (Å²) in [5.74, 6) is -19.2. The van der Waals surface area contributed by atoms with Crippen LogP contribution in [0, 0.1) is 35.5 Å². The van der Waals surface area contributed by atoms with Gasteiger partial charge >= 0.3 is 17.9 Å². The Kier molecular flexibility index (Phi) is 39.2. The second kappa shape index (κ2) is 43.5. The number of carbonyl (C=O) groups excluding carboxylic acids is 12. The Balaban J connectivity index is 4.29. The topological polar surface area (TPSA) is 482 Å². The van der Waals surface area contributed by atoms with Gasteiger partial charge in [0.1, 0.15) is 72.6 Å². The highest BCUT2D eigenvalue weighted by Gasteiger charge is 2.41. The van der Waals surface area contributed by atoms with Crippen molar-refractivity contribution in [3.8, 4) is 0 Å². The highest BCUT2D eigenvalue weighted by Crippen LogP contribution is 2.17. The molecular formula is C64H111N11O20. The standard InChI is InChI=1S/C64H111N11O20/c1-15-17-18-19-20-21-39(78)27-49(79)65-40(22-32(3)4)54(84)69-45(28-50(80)81)59(89)75-53-38(14)95-64(94)46(29-51(82)83)71-62(92)52(37(13)16-2)74-58(88)44(26-36(11)12)68-61(91)48(31-77)73-57(87)42(24-34(7)8)67-60(90)47(30-76)72-56(86)41(23-33(5)6)66-55(85)43(25-35(9)10)70-63(53)93/h32-48,52-53,76-78H,15-31H2,1-14H3,(H,65,79)(H,66,85)(H,67,90)(H,68,91)(H,69,84)(H,70,93)(H,71,92)(H,72,86)(H,73,87)(H,74,88)(H,75,89)(H,80,81)(H,82,83)/t37-,38-,39+,40-,41-,42-,43+,44-,45-,46+,47+,48+,52-,53+/m0/s1. The van der Waals surface area contributed by atoms with E-state index >= 15 is 0 Å². The van der Waals surface area contributed by atoms with Gasteiger partial charge in [0, 0.05) is 0 Å². The zero-order valence-electron chi connectivity index (χ0n) is 57.9. The highest BCUT2D eigenvalue weighted by molar-refractivity contribution is 6.00. The summed E-state index contributed by atoms with van der Waals surface area (Å²) in [6, 6.07) is -19.0. The van der Waals surface area contributed by atoms with Crippen LogP contribution in [0.1, 0.15) is 193 Å². The van der Waals surface area contributed by atoms with Gasteiger partial charge in [0.25, 0.3) is 0 Å². The fourth-order valence-corrected chi connectivity index (χ4v) is 10.3. The number of unbranched alkanes of at least 4 members (excludes halogenated alkanes) is 4. The number of ether oxygens (including phenoxy) is 1. The molecule has 0 aromatic rings. The molecule has 1 rings (SSSR count). The van der Waals surface area contributed by atoms with E-state index in [0.717, 1.165) is 32.6 Å². The van der Waals surface area contributed by atoms with Gasteiger partial charge in [-0.25, -0.2) is 4.79 Å². The summed E-state index contributed by atoms with van der Waals surface area (Å²) in [6.45, 7) is 21.1. The molecule has 1 saturated heterocycles. The van der Waals surface area contributed by atoms with Crippen LogP contribution in [0.15, 0.2) is 0 Å². The molecule has 16 N–H and O–H groups in total. The maximum absolute atomic E-state index is 14.9. The monoisotopic (exact) mass is 1350 g/mol. The van der Waals surface area contributed by atoms with Crippen molar-refractivity contribution in [2.75, 3.05) is 13.2 Å². The van der Waals surface area contributed by atoms with Crippen molar-refractivity contribution in [1.82, 2.24) is 58.5 Å². The van der Waals surface area contributed by atoms with E-state index in [2.05, 4.69) is 65.4 Å². The first-order valence-corrected chi connectivity index (χ1v) is 33.2. The summed E-state index contributed by atoms with van der Waals surface area (Å²) in [7, 11) is 0. The van der Waals surface area contributed by atoms with E-state index in [9.17, 15) is 92.7 Å². The molecule has 1 aliphatic rings. The van der Waals surface area contributed by atoms with Crippen molar-refractivity contribution < 1.29 is 97.4 Å². The largest absolute Gasteiger partial charge is 0.481 e. The van der Waals surface area contributed by atoms with Crippen LogP contribution in [0.25, 0.3) is 0 Å². The molecule has 95 heavy (non-hydrogen) atoms. The molecule has 0 saturated carbocycles. The number of aliphatic hydroxyl groups excluding tert-OH is 3. The maximum atomic E-state index is 14.9. The zero-order chi connectivity index (χ0) is 72.6. The van der Waals surface area contributed by atoms with Gasteiger partial charge in [-0.2, -0.15) is 0 Å². The third-order valence-electron chi connectivity index (χ3n) is 15.5.